The van der Waals surface area contributed by atoms with Gasteiger partial charge in [0.15, 0.2) is 6.61 Å². The summed E-state index contributed by atoms with van der Waals surface area (Å²) in [5.41, 5.74) is 6.83. The van der Waals surface area contributed by atoms with Gasteiger partial charge in [-0.2, -0.15) is 0 Å². The van der Waals surface area contributed by atoms with Crippen molar-refractivity contribution in [1.29, 1.82) is 0 Å². The van der Waals surface area contributed by atoms with Gasteiger partial charge < -0.3 is 15.8 Å². The molecule has 9 heteroatoms. The van der Waals surface area contributed by atoms with E-state index in [1.54, 1.807) is 36.4 Å². The number of nitrogens with one attached hydrogen (secondary N) is 1. The first kappa shape index (κ1) is 20.4. The molecular weight excluding hydrogens is 370 g/mol. The number of rotatable bonds is 8. The van der Waals surface area contributed by atoms with Gasteiger partial charge >= 0.3 is 0 Å². The molecule has 0 aliphatic rings. The van der Waals surface area contributed by atoms with Crippen molar-refractivity contribution in [2.75, 3.05) is 25.2 Å². The third-order valence-corrected chi connectivity index (χ3v) is 4.98. The van der Waals surface area contributed by atoms with Gasteiger partial charge in [-0.15, -0.1) is 0 Å². The minimum atomic E-state index is -3.25. The third kappa shape index (κ3) is 6.39. The third-order valence-electron chi connectivity index (χ3n) is 3.72. The van der Waals surface area contributed by atoms with Crippen LogP contribution in [-0.2, 0) is 21.4 Å². The number of hydrogen-bond donors (Lipinski definition) is 2. The Morgan fingerprint density at radius 3 is 2.19 bits per heavy atom. The monoisotopic (exact) mass is 391 g/mol. The minimum Gasteiger partial charge on any atom is -0.484 e. The summed E-state index contributed by atoms with van der Waals surface area (Å²) in [7, 11) is -1.75. The second-order valence-corrected chi connectivity index (χ2v) is 8.03. The second-order valence-electron chi connectivity index (χ2n) is 5.94. The van der Waals surface area contributed by atoms with Crippen molar-refractivity contribution in [2.45, 2.75) is 6.54 Å². The quantitative estimate of drug-likeness (QED) is 0.701. The molecule has 0 aromatic heterocycles. The fourth-order valence-electron chi connectivity index (χ4n) is 2.13. The highest BCUT2D eigenvalue weighted by molar-refractivity contribution is 7.88. The molecule has 2 aromatic carbocycles. The van der Waals surface area contributed by atoms with Crippen molar-refractivity contribution in [1.82, 2.24) is 4.31 Å². The average molecular weight is 391 g/mol. The Morgan fingerprint density at radius 1 is 1.07 bits per heavy atom. The number of carbonyl (C=O) groups is 2. The highest BCUT2D eigenvalue weighted by Crippen LogP contribution is 2.15. The zero-order valence-corrected chi connectivity index (χ0v) is 15.8. The fourth-order valence-corrected chi connectivity index (χ4v) is 2.51. The Balaban J connectivity index is 1.85. The molecule has 0 bridgehead atoms. The van der Waals surface area contributed by atoms with E-state index in [4.69, 9.17) is 10.5 Å². The number of hydrogen-bond acceptors (Lipinski definition) is 5. The predicted octanol–water partition coefficient (Wildman–Crippen LogP) is 1.19. The lowest BCUT2D eigenvalue weighted by molar-refractivity contribution is -0.118. The Hall–Kier alpha value is -2.91. The van der Waals surface area contributed by atoms with Crippen molar-refractivity contribution in [3.8, 4) is 5.75 Å². The summed E-state index contributed by atoms with van der Waals surface area (Å²) in [6.07, 6.45) is 1.14. The summed E-state index contributed by atoms with van der Waals surface area (Å²) >= 11 is 0. The molecule has 144 valence electrons. The molecule has 0 aliphatic heterocycles. The summed E-state index contributed by atoms with van der Waals surface area (Å²) in [4.78, 5) is 22.9. The van der Waals surface area contributed by atoms with Gasteiger partial charge in [-0.05, 0) is 42.0 Å². The number of amides is 2. The molecule has 0 saturated carbocycles. The summed E-state index contributed by atoms with van der Waals surface area (Å²) in [6.45, 7) is 0.0566. The van der Waals surface area contributed by atoms with Gasteiger partial charge in [-0.3, -0.25) is 9.59 Å². The molecule has 0 unspecified atom stereocenters. The first-order valence-electron chi connectivity index (χ1n) is 7.98. The van der Waals surface area contributed by atoms with Gasteiger partial charge in [0.05, 0.1) is 6.26 Å². The topological polar surface area (TPSA) is 119 Å². The van der Waals surface area contributed by atoms with E-state index in [1.165, 1.54) is 23.5 Å². The molecule has 0 heterocycles. The molecule has 8 nitrogen and oxygen atoms in total. The molecule has 0 saturated heterocycles. The number of nitrogens with two attached hydrogens (primary N) is 1. The van der Waals surface area contributed by atoms with Crippen LogP contribution >= 0.6 is 0 Å². The maximum atomic E-state index is 11.9. The van der Waals surface area contributed by atoms with E-state index in [2.05, 4.69) is 5.32 Å². The molecule has 2 rings (SSSR count). The van der Waals surface area contributed by atoms with Crippen LogP contribution in [0.2, 0.25) is 0 Å². The number of anilines is 1. The predicted molar refractivity (Wildman–Crippen MR) is 102 cm³/mol. The van der Waals surface area contributed by atoms with Gasteiger partial charge in [0.25, 0.3) is 5.91 Å². The number of primary amides is 1. The van der Waals surface area contributed by atoms with Crippen LogP contribution < -0.4 is 15.8 Å². The fraction of sp³-hybridized carbons (Fsp3) is 0.222. The summed E-state index contributed by atoms with van der Waals surface area (Å²) in [6, 6.07) is 13.0. The lowest BCUT2D eigenvalue weighted by Gasteiger charge is -2.14. The maximum absolute atomic E-state index is 11.9. The molecule has 0 aliphatic carbocycles. The molecule has 0 fully saturated rings. The van der Waals surface area contributed by atoms with E-state index in [1.807, 2.05) is 0 Å². The van der Waals surface area contributed by atoms with Crippen LogP contribution in [0.5, 0.6) is 5.75 Å². The highest BCUT2D eigenvalue weighted by Gasteiger charge is 2.11. The minimum absolute atomic E-state index is 0.194. The lowest BCUT2D eigenvalue weighted by atomic mass is 10.2. The first-order valence-corrected chi connectivity index (χ1v) is 9.83. The highest BCUT2D eigenvalue weighted by atomic mass is 32.2. The van der Waals surface area contributed by atoms with Crippen LogP contribution in [0.15, 0.2) is 48.5 Å². The van der Waals surface area contributed by atoms with Crippen LogP contribution in [0.1, 0.15) is 15.9 Å². The Labute approximate surface area is 158 Å². The van der Waals surface area contributed by atoms with Crippen LogP contribution in [0, 0.1) is 0 Å². The van der Waals surface area contributed by atoms with Gasteiger partial charge in [0, 0.05) is 24.8 Å². The van der Waals surface area contributed by atoms with E-state index in [0.717, 1.165) is 11.8 Å². The summed E-state index contributed by atoms with van der Waals surface area (Å²) < 4.78 is 29.5. The number of nitrogens with zero attached hydrogens (tertiary/aromatic N) is 1. The van der Waals surface area contributed by atoms with Crippen molar-refractivity contribution in [2.24, 2.45) is 5.73 Å². The van der Waals surface area contributed by atoms with Gasteiger partial charge in [-0.1, -0.05) is 12.1 Å². The van der Waals surface area contributed by atoms with Crippen LogP contribution in [0.4, 0.5) is 5.69 Å². The smallest absolute Gasteiger partial charge is 0.262 e. The molecule has 3 N–H and O–H groups in total. The lowest BCUT2D eigenvalue weighted by Crippen LogP contribution is -2.24. The zero-order chi connectivity index (χ0) is 20.0. The Kier molecular flexibility index (Phi) is 6.54. The maximum Gasteiger partial charge on any atom is 0.262 e. The molecule has 0 spiro atoms. The second kappa shape index (κ2) is 8.65. The molecule has 2 amide bonds. The first-order chi connectivity index (χ1) is 12.6. The van der Waals surface area contributed by atoms with Crippen LogP contribution in [-0.4, -0.2) is 44.4 Å². The van der Waals surface area contributed by atoms with E-state index >= 15 is 0 Å². The number of sulfonamides is 1. The van der Waals surface area contributed by atoms with E-state index in [9.17, 15) is 18.0 Å². The van der Waals surface area contributed by atoms with Crippen LogP contribution in [0.3, 0.4) is 0 Å². The summed E-state index contributed by atoms with van der Waals surface area (Å²) in [5.74, 6) is -0.412. The largest absolute Gasteiger partial charge is 0.484 e. The standard InChI is InChI=1S/C18H21N3O5S/c1-21(27(2,24)25)11-13-3-9-16(10-4-13)26-12-17(22)20-15-7-5-14(6-8-15)18(19)23/h3-10H,11-12H2,1-2H3,(H2,19,23)(H,20,22). The normalized spacial score (nSPS) is 11.2. The van der Waals surface area contributed by atoms with Crippen LogP contribution in [0.25, 0.3) is 0 Å². The average Bonchev–Trinajstić information content (AvgIpc) is 2.61. The van der Waals surface area contributed by atoms with Crippen molar-refractivity contribution in [3.05, 3.63) is 59.7 Å². The SMILES string of the molecule is CN(Cc1ccc(OCC(=O)Nc2ccc(C(N)=O)cc2)cc1)S(C)(=O)=O. The van der Waals surface area contributed by atoms with E-state index < -0.39 is 15.9 Å². The van der Waals surface area contributed by atoms with E-state index in [-0.39, 0.29) is 19.1 Å². The zero-order valence-electron chi connectivity index (χ0n) is 15.0. The number of benzene rings is 2. The van der Waals surface area contributed by atoms with Gasteiger partial charge in [0.1, 0.15) is 5.75 Å². The molecule has 0 radical (unpaired) electrons. The number of carbonyl (C=O) groups excluding carboxylic acids is 2. The molecule has 0 atom stereocenters. The van der Waals surface area contributed by atoms with Crippen molar-refractivity contribution >= 4 is 27.5 Å². The Bertz CT molecular complexity index is 909. The van der Waals surface area contributed by atoms with E-state index in [0.29, 0.717) is 17.0 Å². The molecular formula is C18H21N3O5S. The molecule has 2 aromatic rings. The number of ether oxygens (including phenoxy) is 1. The van der Waals surface area contributed by atoms with Crippen molar-refractivity contribution in [3.63, 3.8) is 0 Å². The summed E-state index contributed by atoms with van der Waals surface area (Å²) in [5, 5.41) is 2.64. The van der Waals surface area contributed by atoms with Gasteiger partial charge in [0.2, 0.25) is 15.9 Å². The van der Waals surface area contributed by atoms with Gasteiger partial charge in [-0.25, -0.2) is 12.7 Å². The van der Waals surface area contributed by atoms with Crippen molar-refractivity contribution < 1.29 is 22.7 Å². The molecule has 27 heavy (non-hydrogen) atoms. The Morgan fingerprint density at radius 2 is 1.67 bits per heavy atom.